The lowest BCUT2D eigenvalue weighted by atomic mass is 9.95. The molecule has 0 spiro atoms. The first kappa shape index (κ1) is 9.41. The van der Waals surface area contributed by atoms with E-state index in [1.807, 2.05) is 0 Å². The third-order valence-electron chi connectivity index (χ3n) is 3.15. The molecule has 3 rings (SSSR count). The van der Waals surface area contributed by atoms with Gasteiger partial charge >= 0.3 is 0 Å². The summed E-state index contributed by atoms with van der Waals surface area (Å²) < 4.78 is 0. The van der Waals surface area contributed by atoms with E-state index < -0.39 is 0 Å². The molecule has 0 aliphatic heterocycles. The topological polar surface area (TPSA) is 0 Å². The van der Waals surface area contributed by atoms with Crippen molar-refractivity contribution in [3.8, 4) is 0 Å². The number of rotatable bonds is 1. The summed E-state index contributed by atoms with van der Waals surface area (Å²) in [6, 6.07) is 10.6. The van der Waals surface area contributed by atoms with Gasteiger partial charge in [-0.1, -0.05) is 60.7 Å². The Balaban J connectivity index is 2.10. The molecule has 0 saturated heterocycles. The van der Waals surface area contributed by atoms with Crippen LogP contribution in [-0.4, -0.2) is 0 Å². The average Bonchev–Trinajstić information content (AvgIpc) is 2.70. The molecule has 0 N–H and O–H groups in total. The molecule has 0 amide bonds. The lowest BCUT2D eigenvalue weighted by Gasteiger charge is -2.09. The van der Waals surface area contributed by atoms with Gasteiger partial charge in [0.05, 0.1) is 0 Å². The minimum atomic E-state index is 1.18. The normalized spacial score (nSPS) is 18.4. The van der Waals surface area contributed by atoms with E-state index in [0.29, 0.717) is 0 Å². The van der Waals surface area contributed by atoms with Crippen LogP contribution in [-0.2, 0) is 0 Å². The van der Waals surface area contributed by atoms with Crippen molar-refractivity contribution in [1.82, 2.24) is 0 Å². The van der Waals surface area contributed by atoms with Gasteiger partial charge in [-0.15, -0.1) is 0 Å². The number of allylic oxidation sites excluding steroid dienone is 8. The molecule has 0 fully saturated rings. The Hall–Kier alpha value is -1.82. The van der Waals surface area contributed by atoms with Crippen LogP contribution < -0.4 is 0 Å². The zero-order valence-electron chi connectivity index (χ0n) is 9.19. The summed E-state index contributed by atoms with van der Waals surface area (Å²) in [6.45, 7) is 0. The standard InChI is InChI=1S/C16H14/c1-2-7-13(8-3-1)15-11-5-4-9-14-10-6-12-16(14)15/h1-5,7-9,11-12H,6,10H2. The highest BCUT2D eigenvalue weighted by Crippen LogP contribution is 2.37. The minimum Gasteiger partial charge on any atom is -0.0760 e. The number of fused-ring (bicyclic) bond motifs is 1. The number of hydrogen-bond donors (Lipinski definition) is 0. The van der Waals surface area contributed by atoms with Crippen molar-refractivity contribution >= 4 is 5.57 Å². The molecule has 0 heterocycles. The van der Waals surface area contributed by atoms with E-state index in [4.69, 9.17) is 0 Å². The Labute approximate surface area is 96.3 Å². The Bertz CT molecular complexity index is 510. The molecule has 1 aromatic rings. The van der Waals surface area contributed by atoms with E-state index >= 15 is 0 Å². The molecule has 0 saturated carbocycles. The first-order valence-electron chi connectivity index (χ1n) is 5.79. The van der Waals surface area contributed by atoms with Crippen molar-refractivity contribution in [1.29, 1.82) is 0 Å². The van der Waals surface area contributed by atoms with E-state index in [1.165, 1.54) is 35.1 Å². The monoisotopic (exact) mass is 206 g/mol. The molecule has 2 aliphatic rings. The maximum absolute atomic E-state index is 2.36. The molecule has 0 heteroatoms. The highest BCUT2D eigenvalue weighted by atomic mass is 14.2. The van der Waals surface area contributed by atoms with Crippen LogP contribution in [0.3, 0.4) is 0 Å². The molecule has 2 aliphatic carbocycles. The van der Waals surface area contributed by atoms with Gasteiger partial charge in [-0.05, 0) is 35.1 Å². The summed E-state index contributed by atoms with van der Waals surface area (Å²) in [4.78, 5) is 0. The predicted octanol–water partition coefficient (Wildman–Crippen LogP) is 4.29. The predicted molar refractivity (Wildman–Crippen MR) is 69.0 cm³/mol. The largest absolute Gasteiger partial charge is 0.0760 e. The first-order chi connectivity index (χ1) is 7.95. The van der Waals surface area contributed by atoms with Gasteiger partial charge in [-0.25, -0.2) is 0 Å². The summed E-state index contributed by atoms with van der Waals surface area (Å²) in [5.41, 5.74) is 5.58. The van der Waals surface area contributed by atoms with E-state index in [1.54, 1.807) is 0 Å². The highest BCUT2D eigenvalue weighted by molar-refractivity contribution is 5.86. The lowest BCUT2D eigenvalue weighted by Crippen LogP contribution is -1.89. The number of benzene rings is 1. The molecule has 0 aromatic heterocycles. The van der Waals surface area contributed by atoms with Crippen molar-refractivity contribution in [2.24, 2.45) is 0 Å². The van der Waals surface area contributed by atoms with Crippen LogP contribution in [0.15, 0.2) is 71.9 Å². The van der Waals surface area contributed by atoms with E-state index in [0.717, 1.165) is 0 Å². The molecule has 0 radical (unpaired) electrons. The SMILES string of the molecule is C1=CC=C(c2ccccc2)C2=CCCC2=C1. The molecule has 0 bridgehead atoms. The average molecular weight is 206 g/mol. The Kier molecular flexibility index (Phi) is 2.34. The van der Waals surface area contributed by atoms with Gasteiger partial charge in [0.2, 0.25) is 0 Å². The maximum atomic E-state index is 2.36. The van der Waals surface area contributed by atoms with Gasteiger partial charge in [0.1, 0.15) is 0 Å². The minimum absolute atomic E-state index is 1.18. The van der Waals surface area contributed by atoms with E-state index in [9.17, 15) is 0 Å². The summed E-state index contributed by atoms with van der Waals surface area (Å²) in [5.74, 6) is 0. The first-order valence-corrected chi connectivity index (χ1v) is 5.79. The molecule has 78 valence electrons. The van der Waals surface area contributed by atoms with Crippen LogP contribution in [0.5, 0.6) is 0 Å². The van der Waals surface area contributed by atoms with Crippen LogP contribution >= 0.6 is 0 Å². The molecule has 16 heavy (non-hydrogen) atoms. The smallest absolute Gasteiger partial charge is 0.0112 e. The fourth-order valence-corrected chi connectivity index (χ4v) is 2.38. The third-order valence-corrected chi connectivity index (χ3v) is 3.15. The Morgan fingerprint density at radius 3 is 2.50 bits per heavy atom. The second-order valence-electron chi connectivity index (χ2n) is 4.18. The molecule has 0 unspecified atom stereocenters. The summed E-state index contributed by atoms with van der Waals surface area (Å²) in [5, 5.41) is 0. The second kappa shape index (κ2) is 3.97. The van der Waals surface area contributed by atoms with Gasteiger partial charge in [0.15, 0.2) is 0 Å². The van der Waals surface area contributed by atoms with Crippen LogP contribution in [0.4, 0.5) is 0 Å². The van der Waals surface area contributed by atoms with Crippen LogP contribution in [0.25, 0.3) is 5.57 Å². The highest BCUT2D eigenvalue weighted by Gasteiger charge is 2.16. The van der Waals surface area contributed by atoms with Crippen molar-refractivity contribution in [2.45, 2.75) is 12.8 Å². The maximum Gasteiger partial charge on any atom is -0.0112 e. The van der Waals surface area contributed by atoms with Gasteiger partial charge in [-0.3, -0.25) is 0 Å². The van der Waals surface area contributed by atoms with Crippen LogP contribution in [0.1, 0.15) is 18.4 Å². The van der Waals surface area contributed by atoms with Crippen LogP contribution in [0.2, 0.25) is 0 Å². The molecule has 0 nitrogen and oxygen atoms in total. The summed E-state index contributed by atoms with van der Waals surface area (Å²) >= 11 is 0. The lowest BCUT2D eigenvalue weighted by molar-refractivity contribution is 1.06. The van der Waals surface area contributed by atoms with Gasteiger partial charge in [-0.2, -0.15) is 0 Å². The van der Waals surface area contributed by atoms with E-state index in [-0.39, 0.29) is 0 Å². The summed E-state index contributed by atoms with van der Waals surface area (Å²) in [6.07, 6.45) is 13.5. The zero-order valence-corrected chi connectivity index (χ0v) is 9.19. The molecule has 0 atom stereocenters. The van der Waals surface area contributed by atoms with Gasteiger partial charge in [0, 0.05) is 0 Å². The van der Waals surface area contributed by atoms with Crippen molar-refractivity contribution < 1.29 is 0 Å². The van der Waals surface area contributed by atoms with Crippen molar-refractivity contribution in [3.05, 3.63) is 77.4 Å². The second-order valence-corrected chi connectivity index (χ2v) is 4.18. The fourth-order valence-electron chi connectivity index (χ4n) is 2.38. The Morgan fingerprint density at radius 1 is 0.812 bits per heavy atom. The fraction of sp³-hybridized carbons (Fsp3) is 0.125. The van der Waals surface area contributed by atoms with Gasteiger partial charge < -0.3 is 0 Å². The Morgan fingerprint density at radius 2 is 1.62 bits per heavy atom. The number of hydrogen-bond acceptors (Lipinski definition) is 0. The summed E-state index contributed by atoms with van der Waals surface area (Å²) in [7, 11) is 0. The van der Waals surface area contributed by atoms with Gasteiger partial charge in [0.25, 0.3) is 0 Å². The molecular weight excluding hydrogens is 192 g/mol. The third kappa shape index (κ3) is 1.57. The molecule has 1 aromatic carbocycles. The van der Waals surface area contributed by atoms with Crippen molar-refractivity contribution in [3.63, 3.8) is 0 Å². The van der Waals surface area contributed by atoms with E-state index in [2.05, 4.69) is 60.7 Å². The van der Waals surface area contributed by atoms with Crippen LogP contribution in [0, 0.1) is 0 Å². The zero-order chi connectivity index (χ0) is 10.8. The quantitative estimate of drug-likeness (QED) is 0.643. The van der Waals surface area contributed by atoms with Crippen molar-refractivity contribution in [2.75, 3.05) is 0 Å². The molecular formula is C16H14.